The van der Waals surface area contributed by atoms with Crippen LogP contribution < -0.4 is 10.2 Å². The van der Waals surface area contributed by atoms with Gasteiger partial charge in [-0.3, -0.25) is 4.99 Å². The molecule has 0 radical (unpaired) electrons. The SMILES string of the molecule is CN=C(NCCCc1ccc(O)cc1)N1CCN(c2cc(F)ccc2F)CC1.I. The highest BCUT2D eigenvalue weighted by molar-refractivity contribution is 14.0. The van der Waals surface area contributed by atoms with E-state index in [9.17, 15) is 13.9 Å². The van der Waals surface area contributed by atoms with E-state index < -0.39 is 11.6 Å². The minimum Gasteiger partial charge on any atom is -0.508 e. The van der Waals surface area contributed by atoms with E-state index in [0.29, 0.717) is 31.9 Å². The number of piperazine rings is 1. The molecular formula is C21H27F2IN4O. The predicted octanol–water partition coefficient (Wildman–Crippen LogP) is 3.62. The van der Waals surface area contributed by atoms with Crippen LogP contribution in [0.3, 0.4) is 0 Å². The van der Waals surface area contributed by atoms with E-state index in [1.807, 2.05) is 17.0 Å². The number of aromatic hydroxyl groups is 1. The zero-order valence-electron chi connectivity index (χ0n) is 16.4. The normalized spacial score (nSPS) is 14.5. The Hall–Kier alpha value is -2.10. The molecule has 0 aliphatic carbocycles. The molecule has 1 aliphatic heterocycles. The Balaban J connectivity index is 0.00000300. The van der Waals surface area contributed by atoms with Gasteiger partial charge in [-0.15, -0.1) is 24.0 Å². The molecule has 0 amide bonds. The molecule has 8 heteroatoms. The Morgan fingerprint density at radius 3 is 2.41 bits per heavy atom. The Bertz CT molecular complexity index is 809. The molecule has 0 aromatic heterocycles. The fourth-order valence-corrected chi connectivity index (χ4v) is 3.37. The summed E-state index contributed by atoms with van der Waals surface area (Å²) >= 11 is 0. The maximum Gasteiger partial charge on any atom is 0.193 e. The highest BCUT2D eigenvalue weighted by Crippen LogP contribution is 2.22. The van der Waals surface area contributed by atoms with Crippen molar-refractivity contribution in [3.8, 4) is 5.75 Å². The van der Waals surface area contributed by atoms with Crippen LogP contribution in [0.4, 0.5) is 14.5 Å². The second kappa shape index (κ2) is 11.2. The number of anilines is 1. The average Bonchev–Trinajstić information content (AvgIpc) is 2.71. The molecule has 2 N–H and O–H groups in total. The molecule has 29 heavy (non-hydrogen) atoms. The molecule has 1 fully saturated rings. The molecule has 0 spiro atoms. The molecule has 0 unspecified atom stereocenters. The number of phenolic OH excluding ortho intramolecular Hbond substituents is 1. The number of aliphatic imine (C=N–C) groups is 1. The van der Waals surface area contributed by atoms with Gasteiger partial charge in [-0.05, 0) is 42.7 Å². The molecule has 0 bridgehead atoms. The molecule has 3 rings (SSSR count). The van der Waals surface area contributed by atoms with Gasteiger partial charge in [0.1, 0.15) is 17.4 Å². The van der Waals surface area contributed by atoms with Crippen molar-refractivity contribution < 1.29 is 13.9 Å². The van der Waals surface area contributed by atoms with Crippen LogP contribution in [0.1, 0.15) is 12.0 Å². The Morgan fingerprint density at radius 1 is 1.07 bits per heavy atom. The second-order valence-electron chi connectivity index (χ2n) is 6.81. The molecule has 2 aromatic carbocycles. The van der Waals surface area contributed by atoms with Crippen LogP contribution in [0.15, 0.2) is 47.5 Å². The quantitative estimate of drug-likeness (QED) is 0.276. The highest BCUT2D eigenvalue weighted by atomic mass is 127. The van der Waals surface area contributed by atoms with Gasteiger partial charge in [0.2, 0.25) is 0 Å². The second-order valence-corrected chi connectivity index (χ2v) is 6.81. The first-order valence-electron chi connectivity index (χ1n) is 9.50. The minimum atomic E-state index is -0.426. The number of phenols is 1. The molecular weight excluding hydrogens is 489 g/mol. The monoisotopic (exact) mass is 516 g/mol. The lowest BCUT2D eigenvalue weighted by Gasteiger charge is -2.37. The summed E-state index contributed by atoms with van der Waals surface area (Å²) in [6, 6.07) is 10.8. The van der Waals surface area contributed by atoms with Gasteiger partial charge in [0.15, 0.2) is 5.96 Å². The third-order valence-corrected chi connectivity index (χ3v) is 4.90. The topological polar surface area (TPSA) is 51.1 Å². The zero-order chi connectivity index (χ0) is 19.9. The number of hydrogen-bond acceptors (Lipinski definition) is 3. The summed E-state index contributed by atoms with van der Waals surface area (Å²) in [7, 11) is 1.75. The predicted molar refractivity (Wildman–Crippen MR) is 123 cm³/mol. The zero-order valence-corrected chi connectivity index (χ0v) is 18.8. The number of guanidine groups is 1. The molecule has 1 aliphatic rings. The summed E-state index contributed by atoms with van der Waals surface area (Å²) in [6.45, 7) is 3.37. The fraction of sp³-hybridized carbons (Fsp3) is 0.381. The van der Waals surface area contributed by atoms with Gasteiger partial charge in [-0.1, -0.05) is 12.1 Å². The van der Waals surface area contributed by atoms with Crippen LogP contribution in [0.5, 0.6) is 5.75 Å². The van der Waals surface area contributed by atoms with Crippen molar-refractivity contribution in [3.63, 3.8) is 0 Å². The van der Waals surface area contributed by atoms with Crippen molar-refractivity contribution in [3.05, 3.63) is 59.7 Å². The Kier molecular flexibility index (Phi) is 8.94. The summed E-state index contributed by atoms with van der Waals surface area (Å²) in [6.07, 6.45) is 1.86. The molecule has 158 valence electrons. The van der Waals surface area contributed by atoms with Crippen LogP contribution in [-0.4, -0.2) is 55.7 Å². The first kappa shape index (κ1) is 23.2. The molecule has 0 atom stereocenters. The van der Waals surface area contributed by atoms with Crippen molar-refractivity contribution in [2.24, 2.45) is 4.99 Å². The van der Waals surface area contributed by atoms with Crippen LogP contribution in [0, 0.1) is 11.6 Å². The fourth-order valence-electron chi connectivity index (χ4n) is 3.37. The molecule has 0 saturated carbocycles. The average molecular weight is 516 g/mol. The smallest absolute Gasteiger partial charge is 0.193 e. The van der Waals surface area contributed by atoms with Gasteiger partial charge in [-0.25, -0.2) is 8.78 Å². The van der Waals surface area contributed by atoms with Crippen molar-refractivity contribution in [1.29, 1.82) is 0 Å². The van der Waals surface area contributed by atoms with Crippen molar-refractivity contribution in [2.45, 2.75) is 12.8 Å². The van der Waals surface area contributed by atoms with Gasteiger partial charge in [-0.2, -0.15) is 0 Å². The lowest BCUT2D eigenvalue weighted by atomic mass is 10.1. The van der Waals surface area contributed by atoms with E-state index in [1.165, 1.54) is 17.7 Å². The number of aryl methyl sites for hydroxylation is 1. The van der Waals surface area contributed by atoms with Crippen LogP contribution in [0.25, 0.3) is 0 Å². The third kappa shape index (κ3) is 6.45. The van der Waals surface area contributed by atoms with Crippen LogP contribution >= 0.6 is 24.0 Å². The van der Waals surface area contributed by atoms with E-state index in [4.69, 9.17) is 0 Å². The van der Waals surface area contributed by atoms with Crippen LogP contribution in [-0.2, 0) is 6.42 Å². The minimum absolute atomic E-state index is 0. The van der Waals surface area contributed by atoms with E-state index in [1.54, 1.807) is 19.2 Å². The van der Waals surface area contributed by atoms with Gasteiger partial charge < -0.3 is 20.2 Å². The maximum atomic E-state index is 14.0. The maximum absolute atomic E-state index is 14.0. The number of benzene rings is 2. The van der Waals surface area contributed by atoms with E-state index >= 15 is 0 Å². The molecule has 5 nitrogen and oxygen atoms in total. The van der Waals surface area contributed by atoms with E-state index in [0.717, 1.165) is 31.4 Å². The first-order chi connectivity index (χ1) is 13.6. The number of rotatable bonds is 5. The number of nitrogens with zero attached hydrogens (tertiary/aromatic N) is 3. The summed E-state index contributed by atoms with van der Waals surface area (Å²) in [5.74, 6) is 0.279. The van der Waals surface area contributed by atoms with Gasteiger partial charge >= 0.3 is 0 Å². The number of hydrogen-bond donors (Lipinski definition) is 2. The van der Waals surface area contributed by atoms with E-state index in [2.05, 4.69) is 15.2 Å². The molecule has 1 heterocycles. The van der Waals surface area contributed by atoms with Crippen LogP contribution in [0.2, 0.25) is 0 Å². The van der Waals surface area contributed by atoms with Gasteiger partial charge in [0.05, 0.1) is 5.69 Å². The summed E-state index contributed by atoms with van der Waals surface area (Å²) in [5.41, 5.74) is 1.50. The molecule has 1 saturated heterocycles. The number of nitrogens with one attached hydrogen (secondary N) is 1. The lowest BCUT2D eigenvalue weighted by molar-refractivity contribution is 0.370. The Labute approximate surface area is 187 Å². The molecule has 2 aromatic rings. The highest BCUT2D eigenvalue weighted by Gasteiger charge is 2.21. The van der Waals surface area contributed by atoms with Gasteiger partial charge in [0.25, 0.3) is 0 Å². The summed E-state index contributed by atoms with van der Waals surface area (Å²) in [5, 5.41) is 12.7. The number of halogens is 3. The largest absolute Gasteiger partial charge is 0.508 e. The standard InChI is InChI=1S/C21H26F2N4O.HI/c1-24-21(25-10-2-3-16-4-7-18(28)8-5-16)27-13-11-26(12-14-27)20-15-17(22)6-9-19(20)23;/h4-9,15,28H,2-3,10-14H2,1H3,(H,24,25);1H. The van der Waals surface area contributed by atoms with Crippen molar-refractivity contribution in [2.75, 3.05) is 44.7 Å². The Morgan fingerprint density at radius 2 is 1.76 bits per heavy atom. The first-order valence-corrected chi connectivity index (χ1v) is 9.50. The van der Waals surface area contributed by atoms with Gasteiger partial charge in [0, 0.05) is 45.8 Å². The van der Waals surface area contributed by atoms with E-state index in [-0.39, 0.29) is 29.7 Å². The lowest BCUT2D eigenvalue weighted by Crippen LogP contribution is -2.52. The summed E-state index contributed by atoms with van der Waals surface area (Å²) < 4.78 is 27.4. The third-order valence-electron chi connectivity index (χ3n) is 4.90. The van der Waals surface area contributed by atoms with Crippen molar-refractivity contribution in [1.82, 2.24) is 10.2 Å². The summed E-state index contributed by atoms with van der Waals surface area (Å²) in [4.78, 5) is 8.34. The van der Waals surface area contributed by atoms with Crippen molar-refractivity contribution >= 4 is 35.6 Å².